The molecule has 0 unspecified atom stereocenters. The van der Waals surface area contributed by atoms with E-state index >= 15 is 0 Å². The summed E-state index contributed by atoms with van der Waals surface area (Å²) in [5.41, 5.74) is 5.36. The molecule has 8 heteroatoms. The Kier molecular flexibility index (Phi) is 6.93. The van der Waals surface area contributed by atoms with Crippen LogP contribution in [0.15, 0.2) is 60.8 Å². The summed E-state index contributed by atoms with van der Waals surface area (Å²) in [5.74, 6) is -0.652. The second-order valence-electron chi connectivity index (χ2n) is 7.61. The van der Waals surface area contributed by atoms with Crippen molar-refractivity contribution in [1.82, 2.24) is 9.97 Å². The Morgan fingerprint density at radius 1 is 1.06 bits per heavy atom. The molecule has 0 radical (unpaired) electrons. The van der Waals surface area contributed by atoms with Crippen LogP contribution in [0.25, 0.3) is 0 Å². The van der Waals surface area contributed by atoms with E-state index in [1.165, 1.54) is 24.4 Å². The van der Waals surface area contributed by atoms with Gasteiger partial charge in [-0.2, -0.15) is 13.2 Å². The summed E-state index contributed by atoms with van der Waals surface area (Å²) in [7, 11) is 0. The van der Waals surface area contributed by atoms with Crippen LogP contribution in [0.5, 0.6) is 0 Å². The second-order valence-corrected chi connectivity index (χ2v) is 7.61. The van der Waals surface area contributed by atoms with E-state index < -0.39 is 28.6 Å². The second kappa shape index (κ2) is 9.48. The standard InChI is InChI=1S/C24H25F3N4O/c1-3-23(14-28,17-8-5-4-6-9-17)15-30-20-12-11-19(24(25,26)27)21(31-20)22(32)18-10-7-13-29-16(18)2/h4-13H,3,14-15,28H2,1-2H3,(H,30,31)/t23-/m1/s1. The molecule has 32 heavy (non-hydrogen) atoms. The van der Waals surface area contributed by atoms with E-state index in [4.69, 9.17) is 5.73 Å². The van der Waals surface area contributed by atoms with Gasteiger partial charge in [0.2, 0.25) is 5.78 Å². The zero-order chi connectivity index (χ0) is 23.4. The van der Waals surface area contributed by atoms with Crippen LogP contribution in [0.3, 0.4) is 0 Å². The molecule has 0 saturated carbocycles. The highest BCUT2D eigenvalue weighted by Crippen LogP contribution is 2.34. The Morgan fingerprint density at radius 3 is 2.38 bits per heavy atom. The van der Waals surface area contributed by atoms with Gasteiger partial charge in [0.25, 0.3) is 0 Å². The quantitative estimate of drug-likeness (QED) is 0.492. The molecule has 2 heterocycles. The number of ketones is 1. The van der Waals surface area contributed by atoms with Crippen molar-refractivity contribution >= 4 is 11.6 Å². The van der Waals surface area contributed by atoms with Crippen molar-refractivity contribution in [3.8, 4) is 0 Å². The molecule has 0 bridgehead atoms. The molecule has 3 N–H and O–H groups in total. The molecule has 3 rings (SSSR count). The van der Waals surface area contributed by atoms with E-state index in [0.29, 0.717) is 25.2 Å². The molecule has 0 fully saturated rings. The van der Waals surface area contributed by atoms with Crippen molar-refractivity contribution in [2.24, 2.45) is 5.73 Å². The van der Waals surface area contributed by atoms with Gasteiger partial charge in [0.15, 0.2) is 0 Å². The lowest BCUT2D eigenvalue weighted by Gasteiger charge is -2.32. The minimum absolute atomic E-state index is 0.0804. The smallest absolute Gasteiger partial charge is 0.369 e. The third kappa shape index (κ3) is 4.80. The molecular weight excluding hydrogens is 417 g/mol. The molecule has 5 nitrogen and oxygen atoms in total. The summed E-state index contributed by atoms with van der Waals surface area (Å²) >= 11 is 0. The lowest BCUT2D eigenvalue weighted by Crippen LogP contribution is -2.41. The SMILES string of the molecule is CC[C@@](CN)(CNc1ccc(C(F)(F)F)c(C(=O)c2cccnc2C)n1)c1ccccc1. The zero-order valence-electron chi connectivity index (χ0n) is 17.9. The number of hydrogen-bond acceptors (Lipinski definition) is 5. The van der Waals surface area contributed by atoms with Crippen molar-refractivity contribution in [3.05, 3.63) is 88.9 Å². The monoisotopic (exact) mass is 442 g/mol. The highest BCUT2D eigenvalue weighted by atomic mass is 19.4. The highest BCUT2D eigenvalue weighted by molar-refractivity contribution is 6.09. The number of aromatic nitrogens is 2. The summed E-state index contributed by atoms with van der Waals surface area (Å²) in [6.07, 6.45) is -2.54. The predicted octanol–water partition coefficient (Wildman–Crippen LogP) is 4.75. The Balaban J connectivity index is 1.97. The van der Waals surface area contributed by atoms with Crippen molar-refractivity contribution in [1.29, 1.82) is 0 Å². The fourth-order valence-electron chi connectivity index (χ4n) is 3.63. The molecule has 1 aromatic carbocycles. The average molecular weight is 442 g/mol. The molecule has 0 aliphatic rings. The first-order valence-electron chi connectivity index (χ1n) is 10.3. The number of rotatable bonds is 8. The van der Waals surface area contributed by atoms with Crippen LogP contribution in [0.1, 0.15) is 46.2 Å². The van der Waals surface area contributed by atoms with Crippen LogP contribution >= 0.6 is 0 Å². The van der Waals surface area contributed by atoms with Crippen LogP contribution in [0.4, 0.5) is 19.0 Å². The number of halogens is 3. The van der Waals surface area contributed by atoms with Gasteiger partial charge in [0.05, 0.1) is 5.56 Å². The molecule has 0 aliphatic carbocycles. The van der Waals surface area contributed by atoms with E-state index in [9.17, 15) is 18.0 Å². The maximum atomic E-state index is 13.6. The minimum atomic E-state index is -4.72. The van der Waals surface area contributed by atoms with Gasteiger partial charge in [0.1, 0.15) is 11.5 Å². The van der Waals surface area contributed by atoms with Crippen molar-refractivity contribution < 1.29 is 18.0 Å². The maximum absolute atomic E-state index is 13.6. The summed E-state index contributed by atoms with van der Waals surface area (Å²) in [4.78, 5) is 21.0. The predicted molar refractivity (Wildman–Crippen MR) is 118 cm³/mol. The summed E-state index contributed by atoms with van der Waals surface area (Å²) in [5, 5.41) is 3.10. The fourth-order valence-corrected chi connectivity index (χ4v) is 3.63. The lowest BCUT2D eigenvalue weighted by molar-refractivity contribution is -0.138. The topological polar surface area (TPSA) is 80.9 Å². The van der Waals surface area contributed by atoms with E-state index in [0.717, 1.165) is 11.6 Å². The molecule has 0 spiro atoms. The molecular formula is C24H25F3N4O. The first kappa shape index (κ1) is 23.4. The number of benzene rings is 1. The number of carbonyl (C=O) groups excluding carboxylic acids is 1. The Bertz CT molecular complexity index is 1080. The number of anilines is 1. The number of alkyl halides is 3. The average Bonchev–Trinajstić information content (AvgIpc) is 2.80. The van der Waals surface area contributed by atoms with Gasteiger partial charge in [-0.05, 0) is 43.2 Å². The number of nitrogens with two attached hydrogens (primary N) is 1. The van der Waals surface area contributed by atoms with E-state index in [2.05, 4.69) is 15.3 Å². The molecule has 168 valence electrons. The zero-order valence-corrected chi connectivity index (χ0v) is 17.9. The van der Waals surface area contributed by atoms with Crippen LogP contribution in [0.2, 0.25) is 0 Å². The van der Waals surface area contributed by atoms with Crippen LogP contribution < -0.4 is 11.1 Å². The third-order valence-corrected chi connectivity index (χ3v) is 5.73. The minimum Gasteiger partial charge on any atom is -0.369 e. The molecule has 0 saturated heterocycles. The first-order valence-corrected chi connectivity index (χ1v) is 10.3. The Hall–Kier alpha value is -3.26. The van der Waals surface area contributed by atoms with Crippen LogP contribution in [-0.4, -0.2) is 28.8 Å². The number of carbonyl (C=O) groups is 1. The molecule has 3 aromatic rings. The normalized spacial score (nSPS) is 13.4. The Labute approximate surface area is 184 Å². The van der Waals surface area contributed by atoms with Gasteiger partial charge in [-0.3, -0.25) is 9.78 Å². The number of nitrogens with one attached hydrogen (secondary N) is 1. The first-order chi connectivity index (χ1) is 15.2. The third-order valence-electron chi connectivity index (χ3n) is 5.73. The van der Waals surface area contributed by atoms with Gasteiger partial charge >= 0.3 is 6.18 Å². The molecule has 0 amide bonds. The largest absolute Gasteiger partial charge is 0.418 e. The van der Waals surface area contributed by atoms with Crippen molar-refractivity contribution in [2.75, 3.05) is 18.4 Å². The van der Waals surface area contributed by atoms with Gasteiger partial charge in [0, 0.05) is 36.0 Å². The summed E-state index contributed by atoms with van der Waals surface area (Å²) < 4.78 is 40.9. The highest BCUT2D eigenvalue weighted by Gasteiger charge is 2.37. The lowest BCUT2D eigenvalue weighted by atomic mass is 9.78. The van der Waals surface area contributed by atoms with E-state index in [-0.39, 0.29) is 11.4 Å². The van der Waals surface area contributed by atoms with Gasteiger partial charge in [-0.15, -0.1) is 0 Å². The van der Waals surface area contributed by atoms with Crippen molar-refractivity contribution in [3.63, 3.8) is 0 Å². The molecule has 2 aromatic heterocycles. The molecule has 1 atom stereocenters. The fraction of sp³-hybridized carbons (Fsp3) is 0.292. The van der Waals surface area contributed by atoms with Crippen molar-refractivity contribution in [2.45, 2.75) is 31.9 Å². The van der Waals surface area contributed by atoms with Gasteiger partial charge < -0.3 is 11.1 Å². The van der Waals surface area contributed by atoms with Gasteiger partial charge in [-0.1, -0.05) is 37.3 Å². The number of nitrogens with zero attached hydrogens (tertiary/aromatic N) is 2. The summed E-state index contributed by atoms with van der Waals surface area (Å²) in [6, 6.07) is 14.7. The number of aryl methyl sites for hydroxylation is 1. The maximum Gasteiger partial charge on any atom is 0.418 e. The Morgan fingerprint density at radius 2 is 1.78 bits per heavy atom. The molecule has 0 aliphatic heterocycles. The van der Waals surface area contributed by atoms with Crippen LogP contribution in [-0.2, 0) is 11.6 Å². The van der Waals surface area contributed by atoms with Crippen LogP contribution in [0, 0.1) is 6.92 Å². The van der Waals surface area contributed by atoms with E-state index in [1.54, 1.807) is 6.92 Å². The van der Waals surface area contributed by atoms with Gasteiger partial charge in [-0.25, -0.2) is 4.98 Å². The summed E-state index contributed by atoms with van der Waals surface area (Å²) in [6.45, 7) is 4.25. The van der Waals surface area contributed by atoms with E-state index in [1.807, 2.05) is 37.3 Å². The number of pyridine rings is 2. The number of hydrogen-bond donors (Lipinski definition) is 2.